The van der Waals surface area contributed by atoms with E-state index in [9.17, 15) is 14.0 Å². The van der Waals surface area contributed by atoms with Crippen LogP contribution in [0.25, 0.3) is 6.08 Å². The summed E-state index contributed by atoms with van der Waals surface area (Å²) >= 11 is 7.22. The van der Waals surface area contributed by atoms with Gasteiger partial charge in [-0.15, -0.1) is 11.3 Å². The molecule has 0 bridgehead atoms. The molecule has 0 unspecified atom stereocenters. The third-order valence-corrected chi connectivity index (χ3v) is 5.02. The van der Waals surface area contributed by atoms with Crippen molar-refractivity contribution in [3.05, 3.63) is 56.7 Å². The van der Waals surface area contributed by atoms with Crippen LogP contribution in [-0.2, 0) is 9.53 Å². The quantitative estimate of drug-likeness (QED) is 0.546. The summed E-state index contributed by atoms with van der Waals surface area (Å²) < 4.78 is 19.0. The van der Waals surface area contributed by atoms with Crippen molar-refractivity contribution in [1.82, 2.24) is 0 Å². The van der Waals surface area contributed by atoms with Crippen LogP contribution in [0.1, 0.15) is 40.2 Å². The van der Waals surface area contributed by atoms with Crippen molar-refractivity contribution < 1.29 is 18.7 Å². The number of amides is 1. The third-order valence-electron chi connectivity index (χ3n) is 3.57. The number of rotatable bonds is 5. The second-order valence-corrected chi connectivity index (χ2v) is 7.53. The first-order chi connectivity index (χ1) is 12.2. The summed E-state index contributed by atoms with van der Waals surface area (Å²) in [5.74, 6) is -1.51. The number of nitrogens with one attached hydrogen (secondary N) is 1. The number of anilines is 1. The summed E-state index contributed by atoms with van der Waals surface area (Å²) in [4.78, 5) is 25.4. The molecule has 0 aliphatic heterocycles. The SMILES string of the molecule is Cc1sc(NC(=O)C=Cc2c(F)cccc2Cl)c(C(=O)OC(C)C)c1C. The minimum absolute atomic E-state index is 0.127. The normalized spacial score (nSPS) is 11.2. The lowest BCUT2D eigenvalue weighted by molar-refractivity contribution is -0.111. The van der Waals surface area contributed by atoms with Crippen molar-refractivity contribution >= 4 is 45.9 Å². The topological polar surface area (TPSA) is 55.4 Å². The van der Waals surface area contributed by atoms with Gasteiger partial charge in [0.2, 0.25) is 5.91 Å². The maximum atomic E-state index is 13.7. The van der Waals surface area contributed by atoms with Gasteiger partial charge in [0.25, 0.3) is 0 Å². The highest BCUT2D eigenvalue weighted by atomic mass is 35.5. The molecular weight excluding hydrogens is 377 g/mol. The van der Waals surface area contributed by atoms with Crippen LogP contribution in [0.5, 0.6) is 0 Å². The first-order valence-corrected chi connectivity index (χ1v) is 9.14. The van der Waals surface area contributed by atoms with Gasteiger partial charge in [0.05, 0.1) is 16.7 Å². The van der Waals surface area contributed by atoms with E-state index >= 15 is 0 Å². The Labute approximate surface area is 160 Å². The second-order valence-electron chi connectivity index (χ2n) is 5.90. The molecule has 1 amide bonds. The molecule has 1 aromatic carbocycles. The van der Waals surface area contributed by atoms with Crippen LogP contribution in [0.4, 0.5) is 9.39 Å². The Morgan fingerprint density at radius 2 is 2.00 bits per heavy atom. The van der Waals surface area contributed by atoms with E-state index < -0.39 is 17.7 Å². The number of carbonyl (C=O) groups is 2. The van der Waals surface area contributed by atoms with Crippen molar-refractivity contribution in [2.24, 2.45) is 0 Å². The predicted octanol–water partition coefficient (Wildman–Crippen LogP) is 5.37. The molecule has 0 aliphatic carbocycles. The molecule has 0 saturated heterocycles. The molecule has 0 fully saturated rings. The van der Waals surface area contributed by atoms with Crippen LogP contribution < -0.4 is 5.32 Å². The Kier molecular flexibility index (Phi) is 6.56. The van der Waals surface area contributed by atoms with Gasteiger partial charge in [0.15, 0.2) is 0 Å². The van der Waals surface area contributed by atoms with Crippen LogP contribution in [0.3, 0.4) is 0 Å². The van der Waals surface area contributed by atoms with Crippen molar-refractivity contribution in [1.29, 1.82) is 0 Å². The molecule has 7 heteroatoms. The molecule has 1 aromatic heterocycles. The Morgan fingerprint density at radius 1 is 1.31 bits per heavy atom. The van der Waals surface area contributed by atoms with Crippen LogP contribution in [-0.4, -0.2) is 18.0 Å². The summed E-state index contributed by atoms with van der Waals surface area (Å²) in [6.07, 6.45) is 2.20. The molecule has 138 valence electrons. The van der Waals surface area contributed by atoms with Gasteiger partial charge in [-0.25, -0.2) is 9.18 Å². The molecule has 0 aliphatic rings. The fourth-order valence-electron chi connectivity index (χ4n) is 2.22. The Balaban J connectivity index is 2.23. The lowest BCUT2D eigenvalue weighted by Crippen LogP contribution is -2.15. The van der Waals surface area contributed by atoms with Gasteiger partial charge in [-0.2, -0.15) is 0 Å². The van der Waals surface area contributed by atoms with Crippen LogP contribution in [0, 0.1) is 19.7 Å². The van der Waals surface area contributed by atoms with E-state index in [0.29, 0.717) is 10.6 Å². The van der Waals surface area contributed by atoms with E-state index in [2.05, 4.69) is 5.32 Å². The average Bonchev–Trinajstić information content (AvgIpc) is 2.80. The molecule has 4 nitrogen and oxygen atoms in total. The number of carbonyl (C=O) groups excluding carboxylic acids is 2. The number of aryl methyl sites for hydroxylation is 1. The Bertz CT molecular complexity index is 854. The largest absolute Gasteiger partial charge is 0.459 e. The van der Waals surface area contributed by atoms with Crippen molar-refractivity contribution in [2.75, 3.05) is 5.32 Å². The summed E-state index contributed by atoms with van der Waals surface area (Å²) in [7, 11) is 0. The number of hydrogen-bond donors (Lipinski definition) is 1. The molecule has 2 rings (SSSR count). The van der Waals surface area contributed by atoms with E-state index in [-0.39, 0.29) is 16.7 Å². The molecule has 1 N–H and O–H groups in total. The zero-order valence-electron chi connectivity index (χ0n) is 14.9. The first kappa shape index (κ1) is 20.1. The number of halogens is 2. The minimum Gasteiger partial charge on any atom is -0.459 e. The maximum Gasteiger partial charge on any atom is 0.341 e. The highest BCUT2D eigenvalue weighted by Gasteiger charge is 2.22. The molecule has 0 spiro atoms. The molecule has 0 atom stereocenters. The monoisotopic (exact) mass is 395 g/mol. The van der Waals surface area contributed by atoms with Crippen molar-refractivity contribution in [2.45, 2.75) is 33.8 Å². The fourth-order valence-corrected chi connectivity index (χ4v) is 3.49. The van der Waals surface area contributed by atoms with Crippen molar-refractivity contribution in [3.63, 3.8) is 0 Å². The van der Waals surface area contributed by atoms with Gasteiger partial charge < -0.3 is 10.1 Å². The van der Waals surface area contributed by atoms with Crippen LogP contribution in [0.15, 0.2) is 24.3 Å². The highest BCUT2D eigenvalue weighted by molar-refractivity contribution is 7.16. The summed E-state index contributed by atoms with van der Waals surface area (Å²) in [5.41, 5.74) is 1.23. The van der Waals surface area contributed by atoms with E-state index in [0.717, 1.165) is 10.4 Å². The van der Waals surface area contributed by atoms with Gasteiger partial charge in [-0.05, 0) is 51.5 Å². The first-order valence-electron chi connectivity index (χ1n) is 7.94. The molecule has 0 radical (unpaired) electrons. The minimum atomic E-state index is -0.523. The van der Waals surface area contributed by atoms with Crippen molar-refractivity contribution in [3.8, 4) is 0 Å². The van der Waals surface area contributed by atoms with E-state index in [4.69, 9.17) is 16.3 Å². The number of hydrogen-bond acceptors (Lipinski definition) is 4. The highest BCUT2D eigenvalue weighted by Crippen LogP contribution is 2.33. The number of thiophene rings is 1. The Morgan fingerprint density at radius 3 is 2.62 bits per heavy atom. The lowest BCUT2D eigenvalue weighted by atomic mass is 10.1. The zero-order valence-corrected chi connectivity index (χ0v) is 16.4. The number of ether oxygens (including phenoxy) is 1. The fraction of sp³-hybridized carbons (Fsp3) is 0.263. The summed E-state index contributed by atoms with van der Waals surface area (Å²) in [6.45, 7) is 7.17. The summed E-state index contributed by atoms with van der Waals surface area (Å²) in [5, 5.41) is 3.27. The molecular formula is C19H19ClFNO3S. The lowest BCUT2D eigenvalue weighted by Gasteiger charge is -2.09. The summed E-state index contributed by atoms with van der Waals surface area (Å²) in [6, 6.07) is 4.28. The molecule has 1 heterocycles. The van der Waals surface area contributed by atoms with Gasteiger partial charge >= 0.3 is 5.97 Å². The Hall–Kier alpha value is -2.18. The maximum absolute atomic E-state index is 13.7. The zero-order chi connectivity index (χ0) is 19.4. The second kappa shape index (κ2) is 8.47. The molecule has 0 saturated carbocycles. The van der Waals surface area contributed by atoms with Gasteiger partial charge in [-0.1, -0.05) is 17.7 Å². The van der Waals surface area contributed by atoms with Crippen LogP contribution in [0.2, 0.25) is 5.02 Å². The van der Waals surface area contributed by atoms with E-state index in [1.807, 2.05) is 6.92 Å². The molecule has 2 aromatic rings. The smallest absolute Gasteiger partial charge is 0.341 e. The van der Waals surface area contributed by atoms with Gasteiger partial charge in [-0.3, -0.25) is 4.79 Å². The van der Waals surface area contributed by atoms with E-state index in [1.165, 1.54) is 41.7 Å². The average molecular weight is 396 g/mol. The van der Waals surface area contributed by atoms with Crippen LogP contribution >= 0.6 is 22.9 Å². The standard InChI is InChI=1S/C19H19ClFNO3S/c1-10(2)25-19(24)17-11(3)12(4)26-18(17)22-16(23)9-8-13-14(20)6-5-7-15(13)21/h5-10H,1-4H3,(H,22,23). The molecule has 26 heavy (non-hydrogen) atoms. The van der Waals surface area contributed by atoms with E-state index in [1.54, 1.807) is 20.8 Å². The number of esters is 1. The van der Waals surface area contributed by atoms with Gasteiger partial charge in [0.1, 0.15) is 10.8 Å². The number of benzene rings is 1. The van der Waals surface area contributed by atoms with Gasteiger partial charge in [0, 0.05) is 16.5 Å². The predicted molar refractivity (Wildman–Crippen MR) is 103 cm³/mol. The third kappa shape index (κ3) is 4.71.